The third kappa shape index (κ3) is 4.68. The van der Waals surface area contributed by atoms with E-state index >= 15 is 0 Å². The third-order valence-electron chi connectivity index (χ3n) is 1.44. The van der Waals surface area contributed by atoms with E-state index in [4.69, 9.17) is 0 Å². The summed E-state index contributed by atoms with van der Waals surface area (Å²) in [4.78, 5) is 0. The van der Waals surface area contributed by atoms with Crippen LogP contribution in [0.2, 0.25) is 0 Å². The van der Waals surface area contributed by atoms with Crippen LogP contribution in [-0.4, -0.2) is 0 Å². The third-order valence-corrected chi connectivity index (χ3v) is 1.70. The first-order valence-corrected chi connectivity index (χ1v) is 4.63. The fraction of sp³-hybridized carbons (Fsp3) is 0. The second kappa shape index (κ2) is 7.17. The molecule has 2 aromatic carbocycles. The van der Waals surface area contributed by atoms with Gasteiger partial charge in [0.2, 0.25) is 0 Å². The van der Waals surface area contributed by atoms with Crippen molar-refractivity contribution in [2.45, 2.75) is 0 Å². The molecular weight excluding hydrogens is 217 g/mol. The van der Waals surface area contributed by atoms with Crippen LogP contribution in [-0.2, 0) is 15.3 Å². The molecule has 0 spiro atoms. The van der Waals surface area contributed by atoms with Gasteiger partial charge in [-0.25, -0.2) is 0 Å². The van der Waals surface area contributed by atoms with Gasteiger partial charge in [-0.15, -0.1) is 0 Å². The van der Waals surface area contributed by atoms with Crippen molar-refractivity contribution in [2.75, 3.05) is 0 Å². The van der Waals surface area contributed by atoms with Gasteiger partial charge in [0.1, 0.15) is 0 Å². The summed E-state index contributed by atoms with van der Waals surface area (Å²) in [5.74, 6) is 0. The Morgan fingerprint density at radius 3 is 1.71 bits per heavy atom. The van der Waals surface area contributed by atoms with Gasteiger partial charge >= 0.3 is 55.3 Å². The molecule has 0 fully saturated rings. The first-order valence-electron chi connectivity index (χ1n) is 4.19. The molecule has 2 heteroatoms. The number of hydrogen-bond acceptors (Lipinski definition) is 1. The zero-order chi connectivity index (χ0) is 10.1. The van der Waals surface area contributed by atoms with Crippen LogP contribution >= 0.6 is 0 Å². The Morgan fingerprint density at radius 1 is 0.857 bits per heavy atom. The van der Waals surface area contributed by atoms with E-state index in [0.717, 1.165) is 5.69 Å². The maximum atomic E-state index is 4.18. The second-order valence-corrected chi connectivity index (χ2v) is 2.70. The molecule has 0 N–H and O–H groups in total. The molecule has 0 atom stereocenters. The van der Waals surface area contributed by atoms with Crippen LogP contribution < -0.4 is 0 Å². The monoisotopic (exact) mass is 226 g/mol. The van der Waals surface area contributed by atoms with Crippen molar-refractivity contribution in [2.24, 2.45) is 4.03 Å². The van der Waals surface area contributed by atoms with E-state index in [1.54, 1.807) is 0 Å². The van der Waals surface area contributed by atoms with Crippen molar-refractivity contribution in [3.05, 3.63) is 66.7 Å². The number of hydrogen-bond donors (Lipinski definition) is 0. The first kappa shape index (κ1) is 10.8. The second-order valence-electron chi connectivity index (χ2n) is 2.48. The molecule has 0 bridgehead atoms. The van der Waals surface area contributed by atoms with Crippen LogP contribution in [0.4, 0.5) is 5.69 Å². The van der Waals surface area contributed by atoms with Gasteiger partial charge in [-0.2, -0.15) is 36.4 Å². The van der Waals surface area contributed by atoms with Gasteiger partial charge in [-0.05, 0) is 0 Å². The van der Waals surface area contributed by atoms with Crippen LogP contribution in [0.3, 0.4) is 0 Å². The molecule has 74 valence electrons. The standard InChI is InChI=1S/C6H5N.C6H5.Ni/c7-6-4-2-1-3-5-6;1-2-4-6-5-3-1;/h1-5H;1-5H;/q;-1;. The Hall–Kier alpha value is -1.27. The Bertz CT molecular complexity index is 319. The summed E-state index contributed by atoms with van der Waals surface area (Å²) < 4.78 is 3.60. The zero-order valence-corrected chi connectivity index (χ0v) is 8.52. The van der Waals surface area contributed by atoms with E-state index in [2.05, 4.69) is 25.4 Å². The molecule has 0 saturated carbocycles. The minimum atomic E-state index is 0.868. The topological polar surface area (TPSA) is 12.4 Å². The van der Waals surface area contributed by atoms with Crippen molar-refractivity contribution in [3.8, 4) is 0 Å². The van der Waals surface area contributed by atoms with Crippen molar-refractivity contribution in [1.29, 1.82) is 0 Å². The summed E-state index contributed by atoms with van der Waals surface area (Å²) in [7, 11) is 0. The molecule has 0 aromatic heterocycles. The number of benzene rings is 2. The Kier molecular flexibility index (Phi) is 5.54. The molecular formula is C12H10NNi-. The summed E-state index contributed by atoms with van der Waals surface area (Å²) in [6.45, 7) is 0. The summed E-state index contributed by atoms with van der Waals surface area (Å²) >= 11 is 4.18. The minimum absolute atomic E-state index is 0.868. The average molecular weight is 227 g/mol. The fourth-order valence-corrected chi connectivity index (χ4v) is 0.964. The summed E-state index contributed by atoms with van der Waals surface area (Å²) in [5, 5.41) is 0. The largest absolute Gasteiger partial charge is 0.184 e. The molecule has 0 heterocycles. The van der Waals surface area contributed by atoms with E-state index in [1.165, 1.54) is 0 Å². The Labute approximate surface area is 92.0 Å². The van der Waals surface area contributed by atoms with E-state index in [-0.39, 0.29) is 0 Å². The van der Waals surface area contributed by atoms with Gasteiger partial charge in [-0.1, -0.05) is 0 Å². The fourth-order valence-electron chi connectivity index (χ4n) is 0.817. The van der Waals surface area contributed by atoms with Crippen LogP contribution in [0, 0.1) is 6.07 Å². The van der Waals surface area contributed by atoms with Crippen LogP contribution in [0.25, 0.3) is 0 Å². The number of rotatable bonds is 1. The van der Waals surface area contributed by atoms with Crippen LogP contribution in [0.1, 0.15) is 0 Å². The van der Waals surface area contributed by atoms with Gasteiger partial charge in [0.25, 0.3) is 0 Å². The summed E-state index contributed by atoms with van der Waals surface area (Å²) in [5.41, 5.74) is 0.868. The quantitative estimate of drug-likeness (QED) is 0.521. The average Bonchev–Trinajstić information content (AvgIpc) is 2.33. The molecule has 0 aliphatic heterocycles. The van der Waals surface area contributed by atoms with Crippen LogP contribution in [0.5, 0.6) is 0 Å². The molecule has 0 aliphatic rings. The van der Waals surface area contributed by atoms with Crippen molar-refractivity contribution < 1.29 is 15.3 Å². The van der Waals surface area contributed by atoms with Gasteiger partial charge < -0.3 is 0 Å². The molecule has 0 saturated heterocycles. The molecule has 0 amide bonds. The molecule has 14 heavy (non-hydrogen) atoms. The number of nitrogens with zero attached hydrogens (tertiary/aromatic N) is 1. The molecule has 0 unspecified atom stereocenters. The van der Waals surface area contributed by atoms with Crippen molar-refractivity contribution >= 4 is 5.69 Å². The molecule has 1 nitrogen and oxygen atoms in total. The van der Waals surface area contributed by atoms with E-state index in [0.29, 0.717) is 0 Å². The molecule has 2 rings (SSSR count). The smallest absolute Gasteiger partial charge is 0.171 e. The summed E-state index contributed by atoms with van der Waals surface area (Å²) in [6, 6.07) is 22.0. The van der Waals surface area contributed by atoms with E-state index in [1.807, 2.05) is 60.7 Å². The minimum Gasteiger partial charge on any atom is -0.184 e. The Morgan fingerprint density at radius 2 is 1.43 bits per heavy atom. The predicted octanol–water partition coefficient (Wildman–Crippen LogP) is 3.54. The molecule has 2 aromatic rings. The first-order chi connectivity index (χ1) is 6.93. The van der Waals surface area contributed by atoms with Crippen molar-refractivity contribution in [3.63, 3.8) is 0 Å². The SMILES string of the molecule is [Ni]=[N]c1ccccc1.[c-]1ccccc1. The maximum absolute atomic E-state index is 4.18. The molecule has 0 aliphatic carbocycles. The maximum Gasteiger partial charge on any atom is -0.171 e. The van der Waals surface area contributed by atoms with E-state index in [9.17, 15) is 0 Å². The van der Waals surface area contributed by atoms with E-state index < -0.39 is 0 Å². The van der Waals surface area contributed by atoms with Crippen LogP contribution in [0.15, 0.2) is 64.7 Å². The Balaban J connectivity index is 0.000000146. The zero-order valence-electron chi connectivity index (χ0n) is 7.54. The van der Waals surface area contributed by atoms with Gasteiger partial charge in [-0.3, -0.25) is 0 Å². The van der Waals surface area contributed by atoms with Gasteiger partial charge in [0.05, 0.1) is 0 Å². The van der Waals surface area contributed by atoms with Gasteiger partial charge in [0, 0.05) is 0 Å². The van der Waals surface area contributed by atoms with Gasteiger partial charge in [0.15, 0.2) is 0 Å². The summed E-state index contributed by atoms with van der Waals surface area (Å²) in [6.07, 6.45) is 0. The molecule has 0 radical (unpaired) electrons. The van der Waals surface area contributed by atoms with Crippen molar-refractivity contribution in [1.82, 2.24) is 0 Å². The normalized spacial score (nSPS) is 8.43. The predicted molar refractivity (Wildman–Crippen MR) is 53.8 cm³/mol.